The lowest BCUT2D eigenvalue weighted by atomic mass is 10.0. The van der Waals surface area contributed by atoms with Crippen molar-refractivity contribution < 1.29 is 4.79 Å². The number of ketones is 1. The van der Waals surface area contributed by atoms with Crippen LogP contribution in [0, 0.1) is 6.92 Å². The molecule has 5 nitrogen and oxygen atoms in total. The van der Waals surface area contributed by atoms with Crippen LogP contribution < -0.4 is 0 Å². The summed E-state index contributed by atoms with van der Waals surface area (Å²) < 4.78 is 0. The summed E-state index contributed by atoms with van der Waals surface area (Å²) in [6.45, 7) is 1.94. The number of aromatic nitrogens is 4. The molecule has 2 heterocycles. The molecule has 1 N–H and O–H groups in total. The first-order chi connectivity index (χ1) is 11.7. The first-order valence-electron chi connectivity index (χ1n) is 8.18. The van der Waals surface area contributed by atoms with Crippen molar-refractivity contribution >= 4 is 28.4 Å². The molecule has 1 aromatic carbocycles. The first kappa shape index (κ1) is 15.3. The van der Waals surface area contributed by atoms with Crippen LogP contribution in [0.4, 0.5) is 0 Å². The second kappa shape index (κ2) is 6.36. The van der Waals surface area contributed by atoms with Crippen molar-refractivity contribution in [2.75, 3.05) is 5.75 Å². The highest BCUT2D eigenvalue weighted by atomic mass is 32.2. The van der Waals surface area contributed by atoms with Gasteiger partial charge in [-0.3, -0.25) is 4.79 Å². The predicted octanol–water partition coefficient (Wildman–Crippen LogP) is 3.52. The Morgan fingerprint density at radius 3 is 2.83 bits per heavy atom. The Morgan fingerprint density at radius 2 is 1.96 bits per heavy atom. The minimum atomic E-state index is 0.0938. The zero-order valence-corrected chi connectivity index (χ0v) is 14.3. The Hall–Kier alpha value is -2.21. The minimum absolute atomic E-state index is 0.0938. The standard InChI is InChI=1S/C18H18N4OS/c1-11-17(12-6-2-3-7-13(12)19-11)16(23)10-24-18-20-14-8-4-5-9-15(14)21-22-18/h2-3,6-7,19H,4-5,8-10H2,1H3. The Morgan fingerprint density at radius 1 is 1.17 bits per heavy atom. The van der Waals surface area contributed by atoms with Crippen molar-refractivity contribution in [3.05, 3.63) is 46.9 Å². The lowest BCUT2D eigenvalue weighted by Crippen LogP contribution is -2.11. The number of hydrogen-bond acceptors (Lipinski definition) is 5. The number of nitrogens with one attached hydrogen (secondary N) is 1. The molecule has 0 bridgehead atoms. The number of aryl methyl sites for hydroxylation is 3. The van der Waals surface area contributed by atoms with Crippen LogP contribution >= 0.6 is 11.8 Å². The maximum Gasteiger partial charge on any atom is 0.209 e. The minimum Gasteiger partial charge on any atom is -0.358 e. The first-order valence-corrected chi connectivity index (χ1v) is 9.16. The van der Waals surface area contributed by atoms with Crippen molar-refractivity contribution in [3.63, 3.8) is 0 Å². The number of para-hydroxylation sites is 1. The fourth-order valence-corrected chi connectivity index (χ4v) is 3.92. The van der Waals surface area contributed by atoms with E-state index in [1.165, 1.54) is 11.8 Å². The van der Waals surface area contributed by atoms with Gasteiger partial charge in [0.25, 0.3) is 0 Å². The highest BCUT2D eigenvalue weighted by Crippen LogP contribution is 2.25. The molecule has 1 aliphatic carbocycles. The van der Waals surface area contributed by atoms with E-state index < -0.39 is 0 Å². The topological polar surface area (TPSA) is 71.5 Å². The SMILES string of the molecule is Cc1[nH]c2ccccc2c1C(=O)CSc1nnc2c(n1)CCCC2. The van der Waals surface area contributed by atoms with Gasteiger partial charge in [-0.15, -0.1) is 5.10 Å². The van der Waals surface area contributed by atoms with Crippen molar-refractivity contribution in [3.8, 4) is 0 Å². The summed E-state index contributed by atoms with van der Waals surface area (Å²) in [7, 11) is 0. The number of benzene rings is 1. The molecule has 0 saturated carbocycles. The Labute approximate surface area is 144 Å². The molecule has 2 aromatic heterocycles. The molecule has 6 heteroatoms. The second-order valence-electron chi connectivity index (χ2n) is 6.08. The number of carbonyl (C=O) groups is 1. The molecule has 0 aliphatic heterocycles. The number of nitrogens with zero attached hydrogens (tertiary/aromatic N) is 3. The summed E-state index contributed by atoms with van der Waals surface area (Å²) in [5, 5.41) is 10.0. The van der Waals surface area contributed by atoms with Gasteiger partial charge in [0.15, 0.2) is 5.78 Å². The van der Waals surface area contributed by atoms with Gasteiger partial charge in [0.1, 0.15) is 0 Å². The van der Waals surface area contributed by atoms with Crippen LogP contribution in [0.2, 0.25) is 0 Å². The smallest absolute Gasteiger partial charge is 0.209 e. The van der Waals surface area contributed by atoms with E-state index >= 15 is 0 Å². The molecule has 3 aromatic rings. The quantitative estimate of drug-likeness (QED) is 0.582. The van der Waals surface area contributed by atoms with Gasteiger partial charge in [-0.1, -0.05) is 30.0 Å². The second-order valence-corrected chi connectivity index (χ2v) is 7.02. The molecule has 0 atom stereocenters. The van der Waals surface area contributed by atoms with Gasteiger partial charge in [0.2, 0.25) is 5.16 Å². The van der Waals surface area contributed by atoms with Crippen LogP contribution in [0.5, 0.6) is 0 Å². The fourth-order valence-electron chi connectivity index (χ4n) is 3.24. The lowest BCUT2D eigenvalue weighted by molar-refractivity contribution is 0.102. The van der Waals surface area contributed by atoms with Crippen LogP contribution in [-0.2, 0) is 12.8 Å². The number of hydrogen-bond donors (Lipinski definition) is 1. The molecule has 0 unspecified atom stereocenters. The monoisotopic (exact) mass is 338 g/mol. The molecule has 0 spiro atoms. The van der Waals surface area contributed by atoms with Gasteiger partial charge < -0.3 is 4.98 Å². The predicted molar refractivity (Wildman–Crippen MR) is 94.6 cm³/mol. The normalized spacial score (nSPS) is 13.9. The van der Waals surface area contributed by atoms with Crippen LogP contribution in [0.25, 0.3) is 10.9 Å². The van der Waals surface area contributed by atoms with Gasteiger partial charge in [0, 0.05) is 22.2 Å². The number of H-pyrrole nitrogens is 1. The highest BCUT2D eigenvalue weighted by Gasteiger charge is 2.18. The third-order valence-corrected chi connectivity index (χ3v) is 5.24. The van der Waals surface area contributed by atoms with Gasteiger partial charge in [0.05, 0.1) is 17.1 Å². The largest absolute Gasteiger partial charge is 0.358 e. The van der Waals surface area contributed by atoms with E-state index in [4.69, 9.17) is 0 Å². The third-order valence-electron chi connectivity index (χ3n) is 4.40. The number of carbonyl (C=O) groups excluding carboxylic acids is 1. The summed E-state index contributed by atoms with van der Waals surface area (Å²) >= 11 is 1.37. The van der Waals surface area contributed by atoms with Gasteiger partial charge in [-0.2, -0.15) is 5.10 Å². The summed E-state index contributed by atoms with van der Waals surface area (Å²) in [4.78, 5) is 20.5. The molecule has 0 fully saturated rings. The molecule has 0 radical (unpaired) electrons. The van der Waals surface area contributed by atoms with E-state index in [0.717, 1.165) is 59.2 Å². The van der Waals surface area contributed by atoms with Crippen molar-refractivity contribution in [2.45, 2.75) is 37.8 Å². The van der Waals surface area contributed by atoms with Crippen LogP contribution in [0.1, 0.15) is 40.3 Å². The van der Waals surface area contributed by atoms with Gasteiger partial charge in [-0.05, 0) is 38.7 Å². The van der Waals surface area contributed by atoms with Crippen LogP contribution in [0.15, 0.2) is 29.4 Å². The highest BCUT2D eigenvalue weighted by molar-refractivity contribution is 7.99. The maximum atomic E-state index is 12.7. The molecular formula is C18H18N4OS. The number of Topliss-reactive ketones (excluding diaryl/α,β-unsaturated/α-hetero) is 1. The summed E-state index contributed by atoms with van der Waals surface area (Å²) in [5.74, 6) is 0.416. The fraction of sp³-hybridized carbons (Fsp3) is 0.333. The zero-order chi connectivity index (χ0) is 16.5. The van der Waals surface area contributed by atoms with E-state index in [0.29, 0.717) is 10.9 Å². The van der Waals surface area contributed by atoms with E-state index in [9.17, 15) is 4.79 Å². The molecule has 122 valence electrons. The molecule has 0 amide bonds. The number of rotatable bonds is 4. The van der Waals surface area contributed by atoms with Crippen LogP contribution in [-0.4, -0.2) is 31.7 Å². The molecular weight excluding hydrogens is 320 g/mol. The number of fused-ring (bicyclic) bond motifs is 2. The van der Waals surface area contributed by atoms with E-state index in [1.807, 2.05) is 31.2 Å². The van der Waals surface area contributed by atoms with Crippen molar-refractivity contribution in [1.29, 1.82) is 0 Å². The summed E-state index contributed by atoms with van der Waals surface area (Å²) in [5.41, 5.74) is 4.74. The Kier molecular flexibility index (Phi) is 4.06. The molecule has 0 saturated heterocycles. The maximum absolute atomic E-state index is 12.7. The van der Waals surface area contributed by atoms with Crippen molar-refractivity contribution in [1.82, 2.24) is 20.2 Å². The summed E-state index contributed by atoms with van der Waals surface area (Å²) in [6.07, 6.45) is 4.25. The average molecular weight is 338 g/mol. The number of thioether (sulfide) groups is 1. The van der Waals surface area contributed by atoms with Gasteiger partial charge >= 0.3 is 0 Å². The Bertz CT molecular complexity index is 919. The van der Waals surface area contributed by atoms with Gasteiger partial charge in [-0.25, -0.2) is 4.98 Å². The van der Waals surface area contributed by atoms with E-state index in [1.54, 1.807) is 0 Å². The average Bonchev–Trinajstić information content (AvgIpc) is 2.95. The lowest BCUT2D eigenvalue weighted by Gasteiger charge is -2.12. The number of aromatic amines is 1. The van der Waals surface area contributed by atoms with E-state index in [2.05, 4.69) is 20.2 Å². The summed E-state index contributed by atoms with van der Waals surface area (Å²) in [6, 6.07) is 7.89. The Balaban J connectivity index is 1.53. The zero-order valence-electron chi connectivity index (χ0n) is 13.5. The van der Waals surface area contributed by atoms with Crippen LogP contribution in [0.3, 0.4) is 0 Å². The van der Waals surface area contributed by atoms with E-state index in [-0.39, 0.29) is 5.78 Å². The molecule has 24 heavy (non-hydrogen) atoms. The van der Waals surface area contributed by atoms with Crippen molar-refractivity contribution in [2.24, 2.45) is 0 Å². The third kappa shape index (κ3) is 2.82. The molecule has 4 rings (SSSR count). The molecule has 1 aliphatic rings.